The maximum absolute atomic E-state index is 13.3. The second-order valence-corrected chi connectivity index (χ2v) is 10.6. The van der Waals surface area contributed by atoms with Crippen molar-refractivity contribution in [3.63, 3.8) is 0 Å². The van der Waals surface area contributed by atoms with Gasteiger partial charge in [0.1, 0.15) is 16.8 Å². The van der Waals surface area contributed by atoms with Crippen molar-refractivity contribution in [1.82, 2.24) is 0 Å². The van der Waals surface area contributed by atoms with E-state index in [1.807, 2.05) is 0 Å². The molecule has 0 amide bonds. The van der Waals surface area contributed by atoms with Gasteiger partial charge in [-0.05, 0) is 76.2 Å². The molecule has 0 saturated carbocycles. The second kappa shape index (κ2) is 7.92. The van der Waals surface area contributed by atoms with Crippen molar-refractivity contribution in [2.45, 2.75) is 110 Å². The molecule has 0 spiro atoms. The van der Waals surface area contributed by atoms with Crippen molar-refractivity contribution in [3.8, 4) is 0 Å². The summed E-state index contributed by atoms with van der Waals surface area (Å²) in [5.41, 5.74) is -5.76. The third kappa shape index (κ3) is 6.50. The number of hydrogen-bond donors (Lipinski definition) is 0. The van der Waals surface area contributed by atoms with Gasteiger partial charge in [-0.1, -0.05) is 0 Å². The summed E-state index contributed by atoms with van der Waals surface area (Å²) in [5, 5.41) is 0. The van der Waals surface area contributed by atoms with Gasteiger partial charge in [0.15, 0.2) is 5.79 Å². The van der Waals surface area contributed by atoms with Crippen LogP contribution in [0.2, 0.25) is 0 Å². The highest BCUT2D eigenvalue weighted by Gasteiger charge is 2.70. The molecule has 0 N–H and O–H groups in total. The van der Waals surface area contributed by atoms with E-state index in [-0.39, 0.29) is 0 Å². The molecule has 9 heteroatoms. The van der Waals surface area contributed by atoms with Crippen LogP contribution < -0.4 is 0 Å². The molecular formula is C21H34O9. The first-order valence-electron chi connectivity index (χ1n) is 9.72. The molecule has 1 rings (SSSR count). The summed E-state index contributed by atoms with van der Waals surface area (Å²) in [6.07, 6.45) is -1.87. The minimum atomic E-state index is -2.72. The number of ketones is 1. The standard InChI is InChI=1S/C21H34O9/c1-17(2,3)27-14(23)12(22)21(16(25)29-19(7,8)9)13(26-20(10,11)30-21)15(24)28-18(4,5)6/h13H,1-11H3/t13-,21+/m1/s1. The minimum Gasteiger partial charge on any atom is -0.458 e. The first-order chi connectivity index (χ1) is 13.1. The zero-order chi connectivity index (χ0) is 23.9. The Labute approximate surface area is 177 Å². The van der Waals surface area contributed by atoms with E-state index in [9.17, 15) is 19.2 Å². The average Bonchev–Trinajstić information content (AvgIpc) is 2.74. The number of carbonyl (C=O) groups is 4. The van der Waals surface area contributed by atoms with Crippen LogP contribution in [0.15, 0.2) is 0 Å². The highest BCUT2D eigenvalue weighted by Crippen LogP contribution is 2.41. The quantitative estimate of drug-likeness (QED) is 0.287. The van der Waals surface area contributed by atoms with Crippen LogP contribution in [0, 0.1) is 0 Å². The van der Waals surface area contributed by atoms with Crippen LogP contribution in [0.1, 0.15) is 76.2 Å². The van der Waals surface area contributed by atoms with Gasteiger partial charge in [-0.15, -0.1) is 0 Å². The molecule has 0 unspecified atom stereocenters. The summed E-state index contributed by atoms with van der Waals surface area (Å²) in [6, 6.07) is 0. The van der Waals surface area contributed by atoms with Crippen molar-refractivity contribution in [3.05, 3.63) is 0 Å². The lowest BCUT2D eigenvalue weighted by Gasteiger charge is -2.32. The van der Waals surface area contributed by atoms with Crippen molar-refractivity contribution >= 4 is 23.7 Å². The molecule has 0 aromatic carbocycles. The van der Waals surface area contributed by atoms with E-state index in [1.54, 1.807) is 62.3 Å². The summed E-state index contributed by atoms with van der Waals surface area (Å²) in [7, 11) is 0. The summed E-state index contributed by atoms with van der Waals surface area (Å²) in [6.45, 7) is 17.0. The van der Waals surface area contributed by atoms with E-state index in [4.69, 9.17) is 23.7 Å². The molecular weight excluding hydrogens is 396 g/mol. The summed E-state index contributed by atoms with van der Waals surface area (Å²) >= 11 is 0. The van der Waals surface area contributed by atoms with Crippen LogP contribution in [0.4, 0.5) is 0 Å². The van der Waals surface area contributed by atoms with Gasteiger partial charge in [0.25, 0.3) is 11.4 Å². The molecule has 0 aromatic rings. The highest BCUT2D eigenvalue weighted by atomic mass is 16.8. The van der Waals surface area contributed by atoms with Crippen LogP contribution in [0.3, 0.4) is 0 Å². The predicted octanol–water partition coefficient (Wildman–Crippen LogP) is 2.47. The zero-order valence-corrected chi connectivity index (χ0v) is 19.8. The fourth-order valence-corrected chi connectivity index (χ4v) is 2.64. The van der Waals surface area contributed by atoms with Gasteiger partial charge in [-0.2, -0.15) is 0 Å². The minimum absolute atomic E-state index is 0.957. The lowest BCUT2D eigenvalue weighted by molar-refractivity contribution is -0.203. The Bertz CT molecular complexity index is 716. The fourth-order valence-electron chi connectivity index (χ4n) is 2.64. The maximum atomic E-state index is 13.3. The molecule has 1 fully saturated rings. The van der Waals surface area contributed by atoms with E-state index in [1.165, 1.54) is 13.8 Å². The molecule has 1 saturated heterocycles. The SMILES string of the molecule is CC(C)(C)OC(=O)C(=O)[C@]1(C(=O)OC(C)(C)C)OC(C)(C)O[C@@H]1C(=O)OC(C)(C)C. The molecule has 0 radical (unpaired) electrons. The van der Waals surface area contributed by atoms with E-state index in [0.29, 0.717) is 0 Å². The smallest absolute Gasteiger partial charge is 0.379 e. The summed E-state index contributed by atoms with van der Waals surface area (Å²) < 4.78 is 27.0. The van der Waals surface area contributed by atoms with Crippen LogP contribution in [-0.2, 0) is 42.9 Å². The molecule has 9 nitrogen and oxygen atoms in total. The lowest BCUT2D eigenvalue weighted by Crippen LogP contribution is -2.62. The number of hydrogen-bond acceptors (Lipinski definition) is 9. The number of rotatable bonds is 4. The summed E-state index contributed by atoms with van der Waals surface area (Å²) in [4.78, 5) is 52.0. The Hall–Kier alpha value is -2.00. The fraction of sp³-hybridized carbons (Fsp3) is 0.810. The molecule has 0 aromatic heterocycles. The predicted molar refractivity (Wildman–Crippen MR) is 105 cm³/mol. The van der Waals surface area contributed by atoms with Gasteiger partial charge in [0.05, 0.1) is 0 Å². The van der Waals surface area contributed by atoms with Crippen LogP contribution in [-0.4, -0.2) is 58.0 Å². The van der Waals surface area contributed by atoms with Gasteiger partial charge in [0, 0.05) is 0 Å². The van der Waals surface area contributed by atoms with E-state index >= 15 is 0 Å². The number of Topliss-reactive ketones (excluding diaryl/α,β-unsaturated/α-hetero) is 1. The maximum Gasteiger partial charge on any atom is 0.379 e. The topological polar surface area (TPSA) is 114 Å². The van der Waals surface area contributed by atoms with Crippen molar-refractivity contribution in [2.24, 2.45) is 0 Å². The number of carbonyl (C=O) groups excluding carboxylic acids is 4. The van der Waals surface area contributed by atoms with Crippen molar-refractivity contribution < 1.29 is 42.9 Å². The highest BCUT2D eigenvalue weighted by molar-refractivity contribution is 6.42. The van der Waals surface area contributed by atoms with Crippen LogP contribution >= 0.6 is 0 Å². The Kier molecular flexibility index (Phi) is 6.88. The Morgan fingerprint density at radius 1 is 0.733 bits per heavy atom. The van der Waals surface area contributed by atoms with Crippen LogP contribution in [0.5, 0.6) is 0 Å². The average molecular weight is 430 g/mol. The van der Waals surface area contributed by atoms with Gasteiger partial charge in [0.2, 0.25) is 6.10 Å². The van der Waals surface area contributed by atoms with Gasteiger partial charge >= 0.3 is 17.9 Å². The summed E-state index contributed by atoms with van der Waals surface area (Å²) in [5.74, 6) is -6.63. The number of ether oxygens (including phenoxy) is 5. The van der Waals surface area contributed by atoms with E-state index in [2.05, 4.69) is 0 Å². The Balaban J connectivity index is 3.59. The molecule has 2 atom stereocenters. The van der Waals surface area contributed by atoms with Crippen LogP contribution in [0.25, 0.3) is 0 Å². The van der Waals surface area contributed by atoms with E-state index < -0.39 is 58.0 Å². The Morgan fingerprint density at radius 3 is 1.57 bits per heavy atom. The lowest BCUT2D eigenvalue weighted by atomic mass is 9.90. The zero-order valence-electron chi connectivity index (χ0n) is 19.8. The molecule has 172 valence electrons. The normalized spacial score (nSPS) is 24.2. The van der Waals surface area contributed by atoms with Crippen molar-refractivity contribution in [2.75, 3.05) is 0 Å². The first kappa shape index (κ1) is 26.0. The third-order valence-electron chi connectivity index (χ3n) is 3.42. The monoisotopic (exact) mass is 430 g/mol. The second-order valence-electron chi connectivity index (χ2n) is 10.6. The molecule has 30 heavy (non-hydrogen) atoms. The molecule has 1 aliphatic rings. The van der Waals surface area contributed by atoms with Gasteiger partial charge < -0.3 is 23.7 Å². The molecule has 1 aliphatic heterocycles. The third-order valence-corrected chi connectivity index (χ3v) is 3.42. The largest absolute Gasteiger partial charge is 0.458 e. The molecule has 0 bridgehead atoms. The Morgan fingerprint density at radius 2 is 1.17 bits per heavy atom. The molecule has 0 aliphatic carbocycles. The van der Waals surface area contributed by atoms with Gasteiger partial charge in [-0.3, -0.25) is 4.79 Å². The van der Waals surface area contributed by atoms with E-state index in [0.717, 1.165) is 0 Å². The van der Waals surface area contributed by atoms with Crippen molar-refractivity contribution in [1.29, 1.82) is 0 Å². The number of esters is 3. The molecule has 1 heterocycles. The first-order valence-corrected chi connectivity index (χ1v) is 9.72. The van der Waals surface area contributed by atoms with Gasteiger partial charge in [-0.25, -0.2) is 14.4 Å².